The Morgan fingerprint density at radius 3 is 2.85 bits per heavy atom. The molecule has 0 radical (unpaired) electrons. The number of aromatic nitrogens is 1. The van der Waals surface area contributed by atoms with Gasteiger partial charge in [-0.25, -0.2) is 0 Å². The molecule has 0 saturated heterocycles. The van der Waals surface area contributed by atoms with Crippen LogP contribution in [0.15, 0.2) is 30.5 Å². The van der Waals surface area contributed by atoms with Crippen LogP contribution in [-0.2, 0) is 0 Å². The van der Waals surface area contributed by atoms with Gasteiger partial charge in [0, 0.05) is 11.6 Å². The number of benzene rings is 1. The van der Waals surface area contributed by atoms with Crippen molar-refractivity contribution in [3.63, 3.8) is 0 Å². The quantitative estimate of drug-likeness (QED) is 0.661. The molecule has 0 spiro atoms. The lowest BCUT2D eigenvalue weighted by Crippen LogP contribution is -1.86. The van der Waals surface area contributed by atoms with Crippen molar-refractivity contribution in [2.24, 2.45) is 0 Å². The van der Waals surface area contributed by atoms with Crippen molar-refractivity contribution in [2.45, 2.75) is 6.92 Å². The molecule has 0 saturated carbocycles. The molecule has 0 bridgehead atoms. The van der Waals surface area contributed by atoms with E-state index in [0.29, 0.717) is 0 Å². The van der Waals surface area contributed by atoms with Crippen LogP contribution in [0, 0.1) is 6.92 Å². The molecular weight excluding hydrogens is 162 g/mol. The van der Waals surface area contributed by atoms with Gasteiger partial charge in [-0.05, 0) is 30.7 Å². The maximum atomic E-state index is 5.23. The molecule has 2 aromatic rings. The van der Waals surface area contributed by atoms with Crippen molar-refractivity contribution < 1.29 is 4.74 Å². The van der Waals surface area contributed by atoms with Crippen LogP contribution < -0.4 is 4.74 Å². The molecule has 0 fully saturated rings. The van der Waals surface area contributed by atoms with E-state index in [9.17, 15) is 0 Å². The molecule has 2 rings (SSSR count). The maximum Gasteiger partial charge on any atom is 0.129 e. The molecule has 0 aliphatic carbocycles. The Morgan fingerprint density at radius 1 is 1.23 bits per heavy atom. The second kappa shape index (κ2) is 3.05. The standard InChI is InChI=1S/C11H11NO/c1-8-3-4-9-10(7-8)12-6-5-11(9)13-2/h3-7H,1-2H3. The molecule has 1 aromatic carbocycles. The summed E-state index contributed by atoms with van der Waals surface area (Å²) < 4.78 is 5.23. The highest BCUT2D eigenvalue weighted by molar-refractivity contribution is 5.85. The summed E-state index contributed by atoms with van der Waals surface area (Å²) in [6.45, 7) is 2.06. The minimum atomic E-state index is 0.880. The summed E-state index contributed by atoms with van der Waals surface area (Å²) >= 11 is 0. The van der Waals surface area contributed by atoms with E-state index in [1.165, 1.54) is 5.56 Å². The number of hydrogen-bond donors (Lipinski definition) is 0. The number of aryl methyl sites for hydroxylation is 1. The largest absolute Gasteiger partial charge is 0.496 e. The summed E-state index contributed by atoms with van der Waals surface area (Å²) in [6, 6.07) is 8.03. The third-order valence-electron chi connectivity index (χ3n) is 2.08. The fraction of sp³-hybridized carbons (Fsp3) is 0.182. The van der Waals surface area contributed by atoms with Crippen molar-refractivity contribution >= 4 is 10.9 Å². The van der Waals surface area contributed by atoms with Gasteiger partial charge >= 0.3 is 0 Å². The SMILES string of the molecule is COc1ccnc2cc(C)ccc12. The smallest absolute Gasteiger partial charge is 0.129 e. The molecule has 0 N–H and O–H groups in total. The van der Waals surface area contributed by atoms with Gasteiger partial charge in [-0.1, -0.05) is 6.07 Å². The topological polar surface area (TPSA) is 22.1 Å². The molecule has 2 nitrogen and oxygen atoms in total. The summed E-state index contributed by atoms with van der Waals surface area (Å²) in [5.74, 6) is 0.880. The Balaban J connectivity index is 2.77. The third-order valence-corrected chi connectivity index (χ3v) is 2.08. The lowest BCUT2D eigenvalue weighted by molar-refractivity contribution is 0.419. The first-order chi connectivity index (χ1) is 6.31. The summed E-state index contributed by atoms with van der Waals surface area (Å²) in [5.41, 5.74) is 2.20. The van der Waals surface area contributed by atoms with E-state index in [1.54, 1.807) is 13.3 Å². The van der Waals surface area contributed by atoms with Crippen LogP contribution in [0.25, 0.3) is 10.9 Å². The highest BCUT2D eigenvalue weighted by Gasteiger charge is 2.00. The predicted octanol–water partition coefficient (Wildman–Crippen LogP) is 2.55. The second-order valence-electron chi connectivity index (χ2n) is 3.03. The molecule has 13 heavy (non-hydrogen) atoms. The van der Waals surface area contributed by atoms with E-state index >= 15 is 0 Å². The summed E-state index contributed by atoms with van der Waals surface area (Å²) in [7, 11) is 1.68. The highest BCUT2D eigenvalue weighted by atomic mass is 16.5. The lowest BCUT2D eigenvalue weighted by atomic mass is 10.1. The summed E-state index contributed by atoms with van der Waals surface area (Å²) in [6.07, 6.45) is 1.76. The zero-order chi connectivity index (χ0) is 9.26. The first-order valence-corrected chi connectivity index (χ1v) is 4.20. The number of ether oxygens (including phenoxy) is 1. The predicted molar refractivity (Wildman–Crippen MR) is 53.0 cm³/mol. The zero-order valence-electron chi connectivity index (χ0n) is 7.74. The van der Waals surface area contributed by atoms with Crippen LogP contribution in [0.5, 0.6) is 5.75 Å². The minimum absolute atomic E-state index is 0.880. The molecule has 0 aliphatic rings. The zero-order valence-corrected chi connectivity index (χ0v) is 7.74. The number of nitrogens with zero attached hydrogens (tertiary/aromatic N) is 1. The van der Waals surface area contributed by atoms with Gasteiger partial charge < -0.3 is 4.74 Å². The average molecular weight is 173 g/mol. The fourth-order valence-corrected chi connectivity index (χ4v) is 1.41. The van der Waals surface area contributed by atoms with E-state index in [-0.39, 0.29) is 0 Å². The van der Waals surface area contributed by atoms with Crippen molar-refractivity contribution in [3.8, 4) is 5.75 Å². The van der Waals surface area contributed by atoms with Crippen LogP contribution in [0.3, 0.4) is 0 Å². The van der Waals surface area contributed by atoms with E-state index < -0.39 is 0 Å². The average Bonchev–Trinajstić information content (AvgIpc) is 2.16. The third kappa shape index (κ3) is 1.35. The second-order valence-corrected chi connectivity index (χ2v) is 3.03. The summed E-state index contributed by atoms with van der Waals surface area (Å²) in [5, 5.41) is 1.07. The molecule has 0 atom stereocenters. The van der Waals surface area contributed by atoms with Crippen molar-refractivity contribution in [2.75, 3.05) is 7.11 Å². The lowest BCUT2D eigenvalue weighted by Gasteiger charge is -2.04. The minimum Gasteiger partial charge on any atom is -0.496 e. The Kier molecular flexibility index (Phi) is 1.89. The number of rotatable bonds is 1. The molecule has 1 heterocycles. The van der Waals surface area contributed by atoms with Gasteiger partial charge in [0.15, 0.2) is 0 Å². The Morgan fingerprint density at radius 2 is 2.08 bits per heavy atom. The van der Waals surface area contributed by atoms with Crippen LogP contribution in [0.1, 0.15) is 5.56 Å². The van der Waals surface area contributed by atoms with Crippen molar-refractivity contribution in [1.82, 2.24) is 4.98 Å². The molecular formula is C11H11NO. The summed E-state index contributed by atoms with van der Waals surface area (Å²) in [4.78, 5) is 4.27. The fourth-order valence-electron chi connectivity index (χ4n) is 1.41. The van der Waals surface area contributed by atoms with E-state index in [4.69, 9.17) is 4.74 Å². The molecule has 1 aromatic heterocycles. The maximum absolute atomic E-state index is 5.23. The van der Waals surface area contributed by atoms with E-state index in [2.05, 4.69) is 24.0 Å². The number of hydrogen-bond acceptors (Lipinski definition) is 2. The van der Waals surface area contributed by atoms with Crippen LogP contribution in [-0.4, -0.2) is 12.1 Å². The van der Waals surface area contributed by atoms with Gasteiger partial charge in [-0.3, -0.25) is 4.98 Å². The number of fused-ring (bicyclic) bond motifs is 1. The molecule has 66 valence electrons. The van der Waals surface area contributed by atoms with Crippen LogP contribution in [0.4, 0.5) is 0 Å². The van der Waals surface area contributed by atoms with Gasteiger partial charge in [0.1, 0.15) is 5.75 Å². The molecule has 0 unspecified atom stereocenters. The first kappa shape index (κ1) is 8.05. The monoisotopic (exact) mass is 173 g/mol. The first-order valence-electron chi connectivity index (χ1n) is 4.20. The Labute approximate surface area is 77.2 Å². The number of methoxy groups -OCH3 is 1. The van der Waals surface area contributed by atoms with Crippen molar-refractivity contribution in [1.29, 1.82) is 0 Å². The van der Waals surface area contributed by atoms with Crippen LogP contribution >= 0.6 is 0 Å². The Hall–Kier alpha value is -1.57. The normalized spacial score (nSPS) is 10.3. The van der Waals surface area contributed by atoms with Crippen molar-refractivity contribution in [3.05, 3.63) is 36.0 Å². The van der Waals surface area contributed by atoms with Gasteiger partial charge in [0.2, 0.25) is 0 Å². The van der Waals surface area contributed by atoms with Gasteiger partial charge in [0.25, 0.3) is 0 Å². The van der Waals surface area contributed by atoms with E-state index in [0.717, 1.165) is 16.7 Å². The van der Waals surface area contributed by atoms with Gasteiger partial charge in [0.05, 0.1) is 12.6 Å². The Bertz CT molecular complexity index is 437. The van der Waals surface area contributed by atoms with E-state index in [1.807, 2.05) is 12.1 Å². The molecule has 0 aliphatic heterocycles. The number of pyridine rings is 1. The van der Waals surface area contributed by atoms with Crippen LogP contribution in [0.2, 0.25) is 0 Å². The molecule has 2 heteroatoms. The molecule has 0 amide bonds. The highest BCUT2D eigenvalue weighted by Crippen LogP contribution is 2.23. The van der Waals surface area contributed by atoms with Gasteiger partial charge in [-0.2, -0.15) is 0 Å². The van der Waals surface area contributed by atoms with Gasteiger partial charge in [-0.15, -0.1) is 0 Å².